The molecule has 2 nitrogen and oxygen atoms in total. The Bertz CT molecular complexity index is 5.51. The van der Waals surface area contributed by atoms with Crippen LogP contribution in [0.4, 0.5) is 0 Å². The van der Waals surface area contributed by atoms with Crippen LogP contribution in [0, 0.1) is 0 Å². The van der Waals surface area contributed by atoms with Gasteiger partial charge in [0.2, 0.25) is 0 Å². The molecular formula is H7Cl4N2-3. The van der Waals surface area contributed by atoms with Gasteiger partial charge in [0.25, 0.3) is 0 Å². The second-order valence-electron chi connectivity index (χ2n) is 0. The fourth-order valence-corrected chi connectivity index (χ4v) is 0. The van der Waals surface area contributed by atoms with Gasteiger partial charge in [0, 0.05) is 0 Å². The zero-order valence-corrected chi connectivity index (χ0v) is 6.24. The van der Waals surface area contributed by atoms with Crippen molar-refractivity contribution < 1.29 is 49.6 Å². The van der Waals surface area contributed by atoms with E-state index in [1.165, 1.54) is 0 Å². The molecule has 0 heterocycles. The van der Waals surface area contributed by atoms with Crippen molar-refractivity contribution in [1.29, 1.82) is 0 Å². The van der Waals surface area contributed by atoms with Gasteiger partial charge in [0.1, 0.15) is 0 Å². The summed E-state index contributed by atoms with van der Waals surface area (Å²) in [6.45, 7) is 0. The summed E-state index contributed by atoms with van der Waals surface area (Å²) in [4.78, 5) is 0. The van der Waals surface area contributed by atoms with Gasteiger partial charge in [-0.05, 0) is 0 Å². The molecule has 0 aromatic heterocycles. The summed E-state index contributed by atoms with van der Waals surface area (Å²) in [6, 6.07) is 0. The molecule has 0 bridgehead atoms. The number of rotatable bonds is 0. The summed E-state index contributed by atoms with van der Waals surface area (Å²) in [5.74, 6) is 0. The third-order valence-corrected chi connectivity index (χ3v) is 0. The van der Waals surface area contributed by atoms with Crippen molar-refractivity contribution in [2.75, 3.05) is 0 Å². The second-order valence-corrected chi connectivity index (χ2v) is 0. The van der Waals surface area contributed by atoms with E-state index in [-0.39, 0.29) is 61.9 Å². The second kappa shape index (κ2) is 135. The van der Waals surface area contributed by atoms with E-state index in [1.54, 1.807) is 0 Å². The predicted octanol–water partition coefficient (Wildman–Crippen LogP) is -11.4. The van der Waals surface area contributed by atoms with Gasteiger partial charge < -0.3 is 61.9 Å². The molecular weight excluding hydrogens is 170 g/mol. The zero-order chi connectivity index (χ0) is 0. The van der Waals surface area contributed by atoms with Crippen molar-refractivity contribution in [3.63, 3.8) is 0 Å². The highest BCUT2D eigenvalue weighted by molar-refractivity contribution is 2.14. The molecule has 0 aliphatic rings. The van der Waals surface area contributed by atoms with Gasteiger partial charge in [-0.1, -0.05) is 0 Å². The standard InChI is InChI=1S/4ClH.2H3N/h4*1H;2*1H3/p-3. The lowest BCUT2D eigenvalue weighted by Gasteiger charge is -1.00. The van der Waals surface area contributed by atoms with Crippen molar-refractivity contribution in [2.24, 2.45) is 0 Å². The van der Waals surface area contributed by atoms with Crippen LogP contribution in [0.25, 0.3) is 0 Å². The lowest BCUT2D eigenvalue weighted by Crippen LogP contribution is -3.00. The minimum absolute atomic E-state index is 0. The van der Waals surface area contributed by atoms with Crippen LogP contribution in [-0.4, -0.2) is 0 Å². The van der Waals surface area contributed by atoms with E-state index in [4.69, 9.17) is 0 Å². The first-order valence-electron chi connectivity index (χ1n) is 0. The SMILES string of the molecule is N.[Cl-].[Cl-].[Cl-].[Cl-].[NH4+]. The van der Waals surface area contributed by atoms with Gasteiger partial charge in [-0.2, -0.15) is 0 Å². The maximum Gasteiger partial charge on any atom is -0.344 e. The summed E-state index contributed by atoms with van der Waals surface area (Å²) in [5, 5.41) is 0. The first kappa shape index (κ1) is 224. The van der Waals surface area contributed by atoms with E-state index < -0.39 is 0 Å². The Balaban J connectivity index is 0. The fourth-order valence-electron chi connectivity index (χ4n) is 0. The number of quaternary nitrogens is 1. The van der Waals surface area contributed by atoms with Gasteiger partial charge in [0.15, 0.2) is 0 Å². The maximum absolute atomic E-state index is 0. The molecule has 0 saturated heterocycles. The van der Waals surface area contributed by atoms with Crippen LogP contribution in [0.2, 0.25) is 0 Å². The molecule has 0 rings (SSSR count). The molecule has 0 aliphatic carbocycles. The Morgan fingerprint density at radius 1 is 0.500 bits per heavy atom. The number of hydrogen-bond donors (Lipinski definition) is 2. The lowest BCUT2D eigenvalue weighted by atomic mass is 14.0. The summed E-state index contributed by atoms with van der Waals surface area (Å²) in [5.41, 5.74) is 0. The summed E-state index contributed by atoms with van der Waals surface area (Å²) in [6.07, 6.45) is 0. The van der Waals surface area contributed by atoms with Gasteiger partial charge in [-0.3, -0.25) is 0 Å². The Hall–Kier alpha value is 1.08. The van der Waals surface area contributed by atoms with Gasteiger partial charge in [-0.25, -0.2) is 0 Å². The zero-order valence-electron chi connectivity index (χ0n) is 3.22. The van der Waals surface area contributed by atoms with Crippen LogP contribution in [-0.2, 0) is 0 Å². The first-order chi connectivity index (χ1) is 0. The molecule has 0 aromatic carbocycles. The summed E-state index contributed by atoms with van der Waals surface area (Å²) in [7, 11) is 0. The molecule has 0 atom stereocenters. The highest BCUT2D eigenvalue weighted by atomic mass is 35.5. The highest BCUT2D eigenvalue weighted by Crippen LogP contribution is -0.480. The molecule has 0 saturated carbocycles. The Morgan fingerprint density at radius 2 is 0.500 bits per heavy atom. The molecule has 0 radical (unpaired) electrons. The molecule has 7 N–H and O–H groups in total. The van der Waals surface area contributed by atoms with Gasteiger partial charge >= 0.3 is 0 Å². The van der Waals surface area contributed by atoms with E-state index in [9.17, 15) is 0 Å². The average Bonchev–Trinajstić information content (AvgIpc) is 0. The molecule has 0 unspecified atom stereocenters. The minimum Gasteiger partial charge on any atom is -1.00 e. The molecule has 48 valence electrons. The van der Waals surface area contributed by atoms with Crippen molar-refractivity contribution >= 4 is 0 Å². The van der Waals surface area contributed by atoms with Crippen molar-refractivity contribution in [1.82, 2.24) is 12.3 Å². The quantitative estimate of drug-likeness (QED) is 0.378. The van der Waals surface area contributed by atoms with Crippen molar-refractivity contribution in [2.45, 2.75) is 0 Å². The van der Waals surface area contributed by atoms with Crippen LogP contribution in [0.15, 0.2) is 0 Å². The van der Waals surface area contributed by atoms with Crippen LogP contribution in [0.5, 0.6) is 0 Å². The van der Waals surface area contributed by atoms with Crippen LogP contribution in [0.3, 0.4) is 0 Å². The highest BCUT2D eigenvalue weighted by Gasteiger charge is -0.344. The molecule has 6 heteroatoms. The molecule has 0 fully saturated rings. The normalized spacial score (nSPS) is 0. The third-order valence-electron chi connectivity index (χ3n) is 0. The molecule has 0 aliphatic heterocycles. The Labute approximate surface area is 62.3 Å². The monoisotopic (exact) mass is 175 g/mol. The van der Waals surface area contributed by atoms with E-state index in [0.717, 1.165) is 0 Å². The third kappa shape index (κ3) is 72.5. The largest absolute Gasteiger partial charge is 1.00 e. The van der Waals surface area contributed by atoms with Crippen LogP contribution in [0.1, 0.15) is 0 Å². The fraction of sp³-hybridized carbons (Fsp3) is 0. The van der Waals surface area contributed by atoms with E-state index in [0.29, 0.717) is 0 Å². The van der Waals surface area contributed by atoms with Crippen molar-refractivity contribution in [3.05, 3.63) is 0 Å². The molecule has 6 heavy (non-hydrogen) atoms. The summed E-state index contributed by atoms with van der Waals surface area (Å²) < 4.78 is 0. The van der Waals surface area contributed by atoms with Gasteiger partial charge in [0.05, 0.1) is 0 Å². The van der Waals surface area contributed by atoms with Crippen LogP contribution < -0.4 is 61.9 Å². The lowest BCUT2D eigenvalue weighted by molar-refractivity contribution is -0.00100. The summed E-state index contributed by atoms with van der Waals surface area (Å²) >= 11 is 0. The molecule has 0 amide bonds. The number of hydrogen-bond acceptors (Lipinski definition) is 1. The van der Waals surface area contributed by atoms with Crippen LogP contribution >= 0.6 is 0 Å². The molecule has 0 aromatic rings. The number of halogens is 4. The Morgan fingerprint density at radius 3 is 0.500 bits per heavy atom. The first-order valence-corrected chi connectivity index (χ1v) is 0. The smallest absolute Gasteiger partial charge is 0.344 e. The average molecular weight is 177 g/mol. The van der Waals surface area contributed by atoms with Gasteiger partial charge in [-0.15, -0.1) is 0 Å². The van der Waals surface area contributed by atoms with E-state index in [1.807, 2.05) is 0 Å². The van der Waals surface area contributed by atoms with Crippen molar-refractivity contribution in [3.8, 4) is 0 Å². The van der Waals surface area contributed by atoms with E-state index in [2.05, 4.69) is 0 Å². The predicted molar refractivity (Wildman–Crippen MR) is 11.0 cm³/mol. The topological polar surface area (TPSA) is 71.5 Å². The van der Waals surface area contributed by atoms with E-state index >= 15 is 0 Å². The molecule has 0 spiro atoms. The minimum atomic E-state index is 0. The Kier molecular flexibility index (Phi) is 5030. The maximum atomic E-state index is 0.